The number of hydrogen-bond donors (Lipinski definition) is 2. The number of hydrazine groups is 1. The third kappa shape index (κ3) is 5.86. The molecule has 1 heterocycles. The highest BCUT2D eigenvalue weighted by molar-refractivity contribution is 7.88. The Bertz CT molecular complexity index is 866. The highest BCUT2D eigenvalue weighted by Crippen LogP contribution is 2.22. The van der Waals surface area contributed by atoms with Gasteiger partial charge in [-0.25, -0.2) is 8.42 Å². The average molecular weight is 404 g/mol. The van der Waals surface area contributed by atoms with Crippen LogP contribution in [-0.4, -0.2) is 37.8 Å². The van der Waals surface area contributed by atoms with Crippen LogP contribution in [0.5, 0.6) is 0 Å². The third-order valence-electron chi connectivity index (χ3n) is 3.16. The predicted octanol–water partition coefficient (Wildman–Crippen LogP) is 1.86. The van der Waals surface area contributed by atoms with Crippen LogP contribution in [0.1, 0.15) is 16.8 Å². The number of carbonyl (C=O) groups excluding carboxylic acids is 2. The lowest BCUT2D eigenvalue weighted by Gasteiger charge is -2.20. The predicted molar refractivity (Wildman–Crippen MR) is 95.5 cm³/mol. The van der Waals surface area contributed by atoms with Crippen LogP contribution in [-0.2, 0) is 14.8 Å². The maximum atomic E-state index is 12.4. The second-order valence-corrected chi connectivity index (χ2v) is 7.88. The van der Waals surface area contributed by atoms with Gasteiger partial charge in [0.2, 0.25) is 10.0 Å². The summed E-state index contributed by atoms with van der Waals surface area (Å²) in [5, 5.41) is 0.675. The van der Waals surface area contributed by atoms with Gasteiger partial charge < -0.3 is 4.90 Å². The summed E-state index contributed by atoms with van der Waals surface area (Å²) in [5.74, 6) is -0.852. The second-order valence-electron chi connectivity index (χ2n) is 5.29. The minimum atomic E-state index is -3.56. The van der Waals surface area contributed by atoms with Gasteiger partial charge in [0.05, 0.1) is 17.8 Å². The molecule has 10 heteroatoms. The Hall–Kier alpha value is -1.87. The molecule has 0 aromatic heterocycles. The van der Waals surface area contributed by atoms with Gasteiger partial charge in [-0.3, -0.25) is 15.0 Å². The van der Waals surface area contributed by atoms with Crippen molar-refractivity contribution >= 4 is 44.9 Å². The molecule has 1 aromatic rings. The Labute approximate surface area is 155 Å². The standard InChI is InChI=1S/C15H15Cl2N3O4S/c1-25(23,24)19-18-15(22)10-3-2-6-20(8-10)9-14(21)12-5-4-11(16)7-13(12)17/h2,4-8,19H,3,9H2,1H3,(H,18,22). The van der Waals surface area contributed by atoms with Crippen molar-refractivity contribution in [2.45, 2.75) is 6.42 Å². The summed E-state index contributed by atoms with van der Waals surface area (Å²) in [6, 6.07) is 4.58. The molecule has 25 heavy (non-hydrogen) atoms. The van der Waals surface area contributed by atoms with Crippen LogP contribution in [0.25, 0.3) is 0 Å². The van der Waals surface area contributed by atoms with Crippen molar-refractivity contribution in [3.05, 3.63) is 57.9 Å². The van der Waals surface area contributed by atoms with E-state index in [1.807, 2.05) is 4.83 Å². The smallest absolute Gasteiger partial charge is 0.263 e. The van der Waals surface area contributed by atoms with Gasteiger partial charge in [0.15, 0.2) is 5.78 Å². The van der Waals surface area contributed by atoms with Crippen LogP contribution in [0.2, 0.25) is 10.0 Å². The molecule has 0 spiro atoms. The minimum Gasteiger partial charge on any atom is -0.346 e. The van der Waals surface area contributed by atoms with Crippen molar-refractivity contribution in [2.24, 2.45) is 0 Å². The molecule has 2 rings (SSSR count). The topological polar surface area (TPSA) is 95.6 Å². The van der Waals surface area contributed by atoms with Crippen LogP contribution in [0.3, 0.4) is 0 Å². The molecule has 0 saturated carbocycles. The number of amides is 1. The SMILES string of the molecule is CS(=O)(=O)NNC(=O)C1=CN(CC(=O)c2ccc(Cl)cc2Cl)C=CC1. The quantitative estimate of drug-likeness (QED) is 0.558. The lowest BCUT2D eigenvalue weighted by molar-refractivity contribution is -0.118. The molecule has 134 valence electrons. The number of Topliss-reactive ketones (excluding diaryl/α,β-unsaturated/α-hetero) is 1. The summed E-state index contributed by atoms with van der Waals surface area (Å²) in [4.78, 5) is 27.7. The van der Waals surface area contributed by atoms with Crippen molar-refractivity contribution in [1.29, 1.82) is 0 Å². The van der Waals surface area contributed by atoms with Crippen molar-refractivity contribution in [2.75, 3.05) is 12.8 Å². The van der Waals surface area contributed by atoms with E-state index in [0.29, 0.717) is 22.6 Å². The molecule has 0 atom stereocenters. The maximum absolute atomic E-state index is 12.4. The summed E-state index contributed by atoms with van der Waals surface area (Å²) in [5.41, 5.74) is 2.71. The minimum absolute atomic E-state index is 0.0336. The van der Waals surface area contributed by atoms with Gasteiger partial charge >= 0.3 is 0 Å². The van der Waals surface area contributed by atoms with E-state index >= 15 is 0 Å². The number of allylic oxidation sites excluding steroid dienone is 1. The maximum Gasteiger partial charge on any atom is 0.263 e. The number of sulfonamides is 1. The molecular formula is C15H15Cl2N3O4S. The number of nitrogens with zero attached hydrogens (tertiary/aromatic N) is 1. The first kappa shape index (κ1) is 19.5. The van der Waals surface area contributed by atoms with E-state index in [1.165, 1.54) is 23.2 Å². The Morgan fingerprint density at radius 3 is 2.64 bits per heavy atom. The molecular weight excluding hydrogens is 389 g/mol. The van der Waals surface area contributed by atoms with Crippen LogP contribution in [0, 0.1) is 0 Å². The Kier molecular flexibility index (Phi) is 6.23. The number of ketones is 1. The van der Waals surface area contributed by atoms with E-state index in [4.69, 9.17) is 23.2 Å². The van der Waals surface area contributed by atoms with Crippen LogP contribution in [0.15, 0.2) is 42.2 Å². The van der Waals surface area contributed by atoms with Gasteiger partial charge in [0, 0.05) is 28.6 Å². The lowest BCUT2D eigenvalue weighted by atomic mass is 10.1. The van der Waals surface area contributed by atoms with Gasteiger partial charge in [-0.15, -0.1) is 4.83 Å². The van der Waals surface area contributed by atoms with Crippen molar-refractivity contribution in [3.63, 3.8) is 0 Å². The van der Waals surface area contributed by atoms with Crippen molar-refractivity contribution in [3.8, 4) is 0 Å². The Balaban J connectivity index is 2.05. The van der Waals surface area contributed by atoms with Crippen molar-refractivity contribution < 1.29 is 18.0 Å². The summed E-state index contributed by atoms with van der Waals surface area (Å²) < 4.78 is 22.0. The van der Waals surface area contributed by atoms with Gasteiger partial charge in [-0.2, -0.15) is 0 Å². The summed E-state index contributed by atoms with van der Waals surface area (Å²) in [6.45, 7) is -0.0336. The molecule has 0 fully saturated rings. The van der Waals surface area contributed by atoms with Gasteiger partial charge in [0.25, 0.3) is 5.91 Å². The molecule has 1 aliphatic heterocycles. The van der Waals surface area contributed by atoms with E-state index in [2.05, 4.69) is 5.43 Å². The number of halogens is 2. The van der Waals surface area contributed by atoms with Gasteiger partial charge in [-0.05, 0) is 24.6 Å². The molecule has 2 N–H and O–H groups in total. The second kappa shape index (κ2) is 8.01. The number of benzene rings is 1. The van der Waals surface area contributed by atoms with Crippen LogP contribution < -0.4 is 10.3 Å². The van der Waals surface area contributed by atoms with Gasteiger partial charge in [-0.1, -0.05) is 29.3 Å². The Morgan fingerprint density at radius 2 is 2.00 bits per heavy atom. The fraction of sp³-hybridized carbons (Fsp3) is 0.200. The lowest BCUT2D eigenvalue weighted by Crippen LogP contribution is -2.42. The molecule has 1 amide bonds. The van der Waals surface area contributed by atoms with E-state index < -0.39 is 15.9 Å². The largest absolute Gasteiger partial charge is 0.346 e. The fourth-order valence-electron chi connectivity index (χ4n) is 2.05. The normalized spacial score (nSPS) is 14.2. The molecule has 0 aliphatic carbocycles. The zero-order valence-electron chi connectivity index (χ0n) is 13.1. The molecule has 0 bridgehead atoms. The summed E-state index contributed by atoms with van der Waals surface area (Å²) in [6.07, 6.45) is 6.04. The third-order valence-corrected chi connectivity index (χ3v) is 4.18. The number of nitrogens with one attached hydrogen (secondary N) is 2. The molecule has 1 aliphatic rings. The van der Waals surface area contributed by atoms with E-state index in [-0.39, 0.29) is 17.4 Å². The Morgan fingerprint density at radius 1 is 1.28 bits per heavy atom. The van der Waals surface area contributed by atoms with Crippen LogP contribution >= 0.6 is 23.2 Å². The highest BCUT2D eigenvalue weighted by Gasteiger charge is 2.18. The van der Waals surface area contributed by atoms with E-state index in [9.17, 15) is 18.0 Å². The molecule has 1 aromatic carbocycles. The van der Waals surface area contributed by atoms with E-state index in [0.717, 1.165) is 6.26 Å². The average Bonchev–Trinajstić information content (AvgIpc) is 2.52. The first-order valence-electron chi connectivity index (χ1n) is 7.04. The monoisotopic (exact) mass is 403 g/mol. The number of carbonyl (C=O) groups is 2. The summed E-state index contributed by atoms with van der Waals surface area (Å²) >= 11 is 11.8. The summed E-state index contributed by atoms with van der Waals surface area (Å²) in [7, 11) is -3.56. The molecule has 0 saturated heterocycles. The zero-order chi connectivity index (χ0) is 18.6. The number of hydrogen-bond acceptors (Lipinski definition) is 5. The van der Waals surface area contributed by atoms with Gasteiger partial charge in [0.1, 0.15) is 0 Å². The van der Waals surface area contributed by atoms with Crippen LogP contribution in [0.4, 0.5) is 0 Å². The zero-order valence-corrected chi connectivity index (χ0v) is 15.5. The molecule has 0 radical (unpaired) electrons. The first-order chi connectivity index (χ1) is 11.7. The number of rotatable bonds is 6. The molecule has 0 unspecified atom stereocenters. The van der Waals surface area contributed by atoms with Crippen molar-refractivity contribution in [1.82, 2.24) is 15.2 Å². The highest BCUT2D eigenvalue weighted by atomic mass is 35.5. The molecule has 7 nitrogen and oxygen atoms in total. The first-order valence-corrected chi connectivity index (χ1v) is 9.69. The van der Waals surface area contributed by atoms with E-state index in [1.54, 1.807) is 18.3 Å². The fourth-order valence-corrected chi connectivity index (χ4v) is 2.84.